The van der Waals surface area contributed by atoms with Crippen LogP contribution in [0.25, 0.3) is 0 Å². The molecule has 0 spiro atoms. The van der Waals surface area contributed by atoms with Crippen molar-refractivity contribution in [1.29, 1.82) is 0 Å². The van der Waals surface area contributed by atoms with Crippen molar-refractivity contribution in [3.63, 3.8) is 0 Å². The third-order valence-corrected chi connectivity index (χ3v) is 10.2. The normalized spacial score (nSPS) is 18.9. The van der Waals surface area contributed by atoms with Crippen LogP contribution in [0.4, 0.5) is 0 Å². The molecule has 256 valence electrons. The molecule has 2 fully saturated rings. The molecule has 5 rings (SSSR count). The zero-order chi connectivity index (χ0) is 34.7. The summed E-state index contributed by atoms with van der Waals surface area (Å²) in [6, 6.07) is 21.6. The molecule has 3 aromatic carbocycles. The molecule has 2 aliphatic heterocycles. The minimum absolute atomic E-state index is 0.124. The molecular formula is C35H42N4O8S. The summed E-state index contributed by atoms with van der Waals surface area (Å²) in [6.45, 7) is 2.90. The van der Waals surface area contributed by atoms with Crippen LogP contribution in [-0.2, 0) is 42.0 Å². The lowest BCUT2D eigenvalue weighted by Crippen LogP contribution is -2.51. The molecule has 0 radical (unpaired) electrons. The monoisotopic (exact) mass is 678 g/mol. The Morgan fingerprint density at radius 3 is 1.77 bits per heavy atom. The number of aryl methyl sites for hydroxylation is 1. The molecule has 4 atom stereocenters. The molecular weight excluding hydrogens is 636 g/mol. The number of aliphatic carboxylic acids is 2. The largest absolute Gasteiger partial charge is 0.480 e. The van der Waals surface area contributed by atoms with Gasteiger partial charge in [-0.15, -0.1) is 0 Å². The predicted molar refractivity (Wildman–Crippen MR) is 179 cm³/mol. The molecule has 2 aliphatic rings. The molecule has 2 amide bonds. The lowest BCUT2D eigenvalue weighted by Gasteiger charge is -2.25. The lowest BCUT2D eigenvalue weighted by molar-refractivity contribution is -0.142. The first-order valence-corrected chi connectivity index (χ1v) is 17.4. The van der Waals surface area contributed by atoms with Crippen LogP contribution in [0.3, 0.4) is 0 Å². The summed E-state index contributed by atoms with van der Waals surface area (Å²) >= 11 is 0. The fourth-order valence-corrected chi connectivity index (χ4v) is 7.34. The summed E-state index contributed by atoms with van der Waals surface area (Å²) in [5, 5.41) is 26.9. The number of carbonyl (C=O) groups is 4. The summed E-state index contributed by atoms with van der Waals surface area (Å²) in [5.74, 6) is -2.97. The number of nitrogens with one attached hydrogen (secondary N) is 3. The van der Waals surface area contributed by atoms with E-state index in [1.54, 1.807) is 36.4 Å². The number of carboxylic acids is 2. The van der Waals surface area contributed by atoms with Gasteiger partial charge >= 0.3 is 11.9 Å². The van der Waals surface area contributed by atoms with Crippen LogP contribution >= 0.6 is 0 Å². The summed E-state index contributed by atoms with van der Waals surface area (Å²) in [4.78, 5) is 47.7. The molecule has 2 saturated heterocycles. The number of nitrogens with zero attached hydrogens (tertiary/aromatic N) is 1. The Morgan fingerprint density at radius 2 is 1.29 bits per heavy atom. The highest BCUT2D eigenvalue weighted by Gasteiger charge is 2.40. The van der Waals surface area contributed by atoms with Crippen molar-refractivity contribution in [2.75, 3.05) is 13.1 Å². The van der Waals surface area contributed by atoms with Gasteiger partial charge in [0.2, 0.25) is 21.8 Å². The Bertz CT molecular complexity index is 1650. The van der Waals surface area contributed by atoms with Crippen LogP contribution in [0.1, 0.15) is 42.4 Å². The molecule has 0 bridgehead atoms. The third-order valence-electron chi connectivity index (χ3n) is 8.31. The van der Waals surface area contributed by atoms with E-state index >= 15 is 0 Å². The SMILES string of the molecule is Cc1ccc(S(=O)(=O)N2CCC[C@H]2C(=O)NC(Cc2ccccc2)C(=O)O)cc1.O=C(O)C(Cc1ccccc1)NC(=O)[C@@H]1CCCN1. The first kappa shape index (κ1) is 36.2. The van der Waals surface area contributed by atoms with Gasteiger partial charge in [0, 0.05) is 19.4 Å². The average Bonchev–Trinajstić information content (AvgIpc) is 3.80. The molecule has 48 heavy (non-hydrogen) atoms. The van der Waals surface area contributed by atoms with Crippen LogP contribution in [-0.4, -0.2) is 83.9 Å². The van der Waals surface area contributed by atoms with Crippen LogP contribution < -0.4 is 16.0 Å². The Kier molecular flexibility index (Phi) is 12.8. The van der Waals surface area contributed by atoms with Gasteiger partial charge in [-0.25, -0.2) is 18.0 Å². The average molecular weight is 679 g/mol. The minimum atomic E-state index is -3.84. The van der Waals surface area contributed by atoms with Gasteiger partial charge in [0.05, 0.1) is 10.9 Å². The van der Waals surface area contributed by atoms with Gasteiger partial charge in [0.15, 0.2) is 0 Å². The van der Waals surface area contributed by atoms with E-state index in [0.717, 1.165) is 36.1 Å². The molecule has 2 heterocycles. The summed E-state index contributed by atoms with van der Waals surface area (Å²) in [6.07, 6.45) is 3.04. The van der Waals surface area contributed by atoms with Crippen LogP contribution in [0, 0.1) is 6.92 Å². The Hall–Kier alpha value is -4.59. The van der Waals surface area contributed by atoms with Crippen LogP contribution in [0.15, 0.2) is 89.8 Å². The Labute approximate surface area is 280 Å². The first-order chi connectivity index (χ1) is 23.0. The number of rotatable bonds is 12. The van der Waals surface area contributed by atoms with Crippen molar-refractivity contribution in [3.05, 3.63) is 102 Å². The summed E-state index contributed by atoms with van der Waals surface area (Å²) in [7, 11) is -3.84. The van der Waals surface area contributed by atoms with Gasteiger partial charge < -0.3 is 26.2 Å². The van der Waals surface area contributed by atoms with E-state index in [9.17, 15) is 37.8 Å². The fraction of sp³-hybridized carbons (Fsp3) is 0.371. The first-order valence-electron chi connectivity index (χ1n) is 15.9. The zero-order valence-electron chi connectivity index (χ0n) is 26.7. The predicted octanol–water partition coefficient (Wildman–Crippen LogP) is 2.51. The maximum Gasteiger partial charge on any atom is 0.326 e. The summed E-state index contributed by atoms with van der Waals surface area (Å²) < 4.78 is 27.2. The Morgan fingerprint density at radius 1 is 0.771 bits per heavy atom. The van der Waals surface area contributed by atoms with Gasteiger partial charge in [-0.3, -0.25) is 9.59 Å². The third kappa shape index (κ3) is 9.96. The molecule has 0 aromatic heterocycles. The Balaban J connectivity index is 0.000000237. The van der Waals surface area contributed by atoms with Gasteiger partial charge in [-0.1, -0.05) is 78.4 Å². The topological polar surface area (TPSA) is 182 Å². The van der Waals surface area contributed by atoms with E-state index < -0.39 is 46.0 Å². The number of amides is 2. The second kappa shape index (κ2) is 17.0. The zero-order valence-corrected chi connectivity index (χ0v) is 27.6. The van der Waals surface area contributed by atoms with Crippen molar-refractivity contribution >= 4 is 33.8 Å². The van der Waals surface area contributed by atoms with Crippen molar-refractivity contribution in [3.8, 4) is 0 Å². The van der Waals surface area contributed by atoms with E-state index in [-0.39, 0.29) is 29.8 Å². The van der Waals surface area contributed by atoms with Gasteiger partial charge in [-0.05, 0) is 62.4 Å². The summed E-state index contributed by atoms with van der Waals surface area (Å²) in [5.41, 5.74) is 2.61. The standard InChI is InChI=1S/C21H24N2O5S.C14H18N2O3/c1-15-9-11-17(12-10-15)29(27,28)23-13-5-8-19(23)20(24)22-18(21(25)26)14-16-6-3-2-4-7-16;17-13(11-7-4-8-15-11)16-12(14(18)19)9-10-5-2-1-3-6-10/h2-4,6-7,9-12,18-19H,5,8,13-14H2,1H3,(H,22,24)(H,25,26);1-3,5-6,11-12,15H,4,7-9H2,(H,16,17)(H,18,19)/t18?,19-;11-,12?/m00/s1. The van der Waals surface area contributed by atoms with Crippen molar-refractivity contribution in [2.45, 2.75) is 74.5 Å². The smallest absolute Gasteiger partial charge is 0.326 e. The molecule has 5 N–H and O–H groups in total. The molecule has 0 saturated carbocycles. The highest BCUT2D eigenvalue weighted by Crippen LogP contribution is 2.26. The van der Waals surface area contributed by atoms with Gasteiger partial charge in [0.25, 0.3) is 0 Å². The van der Waals surface area contributed by atoms with Crippen LogP contribution in [0.5, 0.6) is 0 Å². The quantitative estimate of drug-likeness (QED) is 0.192. The van der Waals surface area contributed by atoms with E-state index in [0.29, 0.717) is 19.3 Å². The van der Waals surface area contributed by atoms with Gasteiger partial charge in [-0.2, -0.15) is 4.31 Å². The highest BCUT2D eigenvalue weighted by atomic mass is 32.2. The van der Waals surface area contributed by atoms with Crippen LogP contribution in [0.2, 0.25) is 0 Å². The molecule has 13 heteroatoms. The second-order valence-corrected chi connectivity index (χ2v) is 13.8. The molecule has 3 aromatic rings. The van der Waals surface area contributed by atoms with Gasteiger partial charge in [0.1, 0.15) is 18.1 Å². The number of carbonyl (C=O) groups excluding carboxylic acids is 2. The van der Waals surface area contributed by atoms with E-state index in [2.05, 4.69) is 16.0 Å². The van der Waals surface area contributed by atoms with Crippen molar-refractivity contribution in [2.24, 2.45) is 0 Å². The number of carboxylic acid groups (broad SMARTS) is 2. The maximum absolute atomic E-state index is 13.0. The minimum Gasteiger partial charge on any atom is -0.480 e. The number of hydrogen-bond acceptors (Lipinski definition) is 7. The van der Waals surface area contributed by atoms with E-state index in [1.807, 2.05) is 43.3 Å². The van der Waals surface area contributed by atoms with Crippen molar-refractivity contribution < 1.29 is 37.8 Å². The number of sulfonamides is 1. The van der Waals surface area contributed by atoms with E-state index in [4.69, 9.17) is 0 Å². The fourth-order valence-electron chi connectivity index (χ4n) is 5.68. The second-order valence-electron chi connectivity index (χ2n) is 11.9. The maximum atomic E-state index is 13.0. The molecule has 2 unspecified atom stereocenters. The van der Waals surface area contributed by atoms with E-state index in [1.165, 1.54) is 16.4 Å². The lowest BCUT2D eigenvalue weighted by atomic mass is 10.1. The number of benzene rings is 3. The number of hydrogen-bond donors (Lipinski definition) is 5. The molecule has 0 aliphatic carbocycles. The van der Waals surface area contributed by atoms with Crippen molar-refractivity contribution in [1.82, 2.24) is 20.3 Å². The highest BCUT2D eigenvalue weighted by molar-refractivity contribution is 7.89. The molecule has 12 nitrogen and oxygen atoms in total.